The quantitative estimate of drug-likeness (QED) is 0.140. The summed E-state index contributed by atoms with van der Waals surface area (Å²) in [5.41, 5.74) is 18.6. The number of ether oxygens (including phenoxy) is 1. The molecule has 7 N–H and O–H groups in total. The summed E-state index contributed by atoms with van der Waals surface area (Å²) in [6.45, 7) is 2.45. The molecule has 2 amide bonds. The Labute approximate surface area is 253 Å². The van der Waals surface area contributed by atoms with E-state index in [1.54, 1.807) is 49.4 Å². The number of carbonyl (C=O) groups is 4. The van der Waals surface area contributed by atoms with E-state index in [1.807, 2.05) is 0 Å². The van der Waals surface area contributed by atoms with Gasteiger partial charge in [-0.2, -0.15) is 4.31 Å². The monoisotopic (exact) mass is 617 g/mol. The largest absolute Gasteiger partial charge is 0.452 e. The van der Waals surface area contributed by atoms with Crippen LogP contribution in [-0.4, -0.2) is 74.6 Å². The number of benzene rings is 2. The molecule has 2 aromatic carbocycles. The lowest BCUT2D eigenvalue weighted by Crippen LogP contribution is -2.57. The molecule has 3 atom stereocenters. The number of carbonyl (C=O) groups excluding carboxylic acids is 4. The predicted octanol–water partition coefficient (Wildman–Crippen LogP) is 1.57. The van der Waals surface area contributed by atoms with E-state index < -0.39 is 51.7 Å². The Balaban J connectivity index is 2.50. The van der Waals surface area contributed by atoms with Gasteiger partial charge in [0.2, 0.25) is 17.5 Å². The van der Waals surface area contributed by atoms with Crippen LogP contribution in [0.15, 0.2) is 59.5 Å². The third-order valence-electron chi connectivity index (χ3n) is 6.91. The minimum absolute atomic E-state index is 0.0644. The highest BCUT2D eigenvalue weighted by atomic mass is 32.2. The fraction of sp³-hybridized carbons (Fsp3) is 0.467. The number of Topliss-reactive ketones (excluding diaryl/α,β-unsaturated/α-hetero) is 2. The standard InChI is InChI=1S/C30H43N5O7S/c1-21-14-16-23(17-15-21)43(40,41)35(30(39)42-2)26(13-7-9-19-32)29(38)34-25(20-22-10-4-3-5-11-22)28(37)27(36)24(33)12-6-8-18-31/h3-5,10-11,14-17,24-26H,6-9,12-13,18-20,31-33H2,1-2H3,(H,34,38)/t24-,25-,26+/m0/s1. The first-order valence-corrected chi connectivity index (χ1v) is 15.7. The fourth-order valence-electron chi connectivity index (χ4n) is 4.46. The first kappa shape index (κ1) is 35.5. The molecule has 0 bridgehead atoms. The van der Waals surface area contributed by atoms with Crippen LogP contribution in [-0.2, 0) is 35.6 Å². The van der Waals surface area contributed by atoms with Gasteiger partial charge < -0.3 is 27.3 Å². The van der Waals surface area contributed by atoms with Crippen molar-refractivity contribution >= 4 is 33.6 Å². The Morgan fingerprint density at radius 2 is 1.44 bits per heavy atom. The number of nitrogens with zero attached hydrogens (tertiary/aromatic N) is 1. The van der Waals surface area contributed by atoms with Gasteiger partial charge in [-0.15, -0.1) is 0 Å². The van der Waals surface area contributed by atoms with Crippen LogP contribution in [0.2, 0.25) is 0 Å². The third-order valence-corrected chi connectivity index (χ3v) is 8.70. The van der Waals surface area contributed by atoms with E-state index in [9.17, 15) is 27.6 Å². The zero-order valence-corrected chi connectivity index (χ0v) is 25.6. The first-order chi connectivity index (χ1) is 20.5. The van der Waals surface area contributed by atoms with Crippen LogP contribution in [0.1, 0.15) is 49.7 Å². The Morgan fingerprint density at radius 3 is 2.00 bits per heavy atom. The number of nitrogens with two attached hydrogens (primary N) is 3. The van der Waals surface area contributed by atoms with E-state index in [-0.39, 0.29) is 37.1 Å². The maximum absolute atomic E-state index is 13.9. The number of nitrogens with one attached hydrogen (secondary N) is 1. The fourth-order valence-corrected chi connectivity index (χ4v) is 5.98. The van der Waals surface area contributed by atoms with E-state index in [0.29, 0.717) is 35.7 Å². The molecule has 12 nitrogen and oxygen atoms in total. The smallest absolute Gasteiger partial charge is 0.424 e. The van der Waals surface area contributed by atoms with Gasteiger partial charge in [0.05, 0.1) is 24.1 Å². The van der Waals surface area contributed by atoms with Crippen LogP contribution >= 0.6 is 0 Å². The van der Waals surface area contributed by atoms with Crippen LogP contribution in [0.4, 0.5) is 4.79 Å². The number of sulfonamides is 1. The van der Waals surface area contributed by atoms with Crippen LogP contribution in [0.25, 0.3) is 0 Å². The van der Waals surface area contributed by atoms with Gasteiger partial charge in [-0.25, -0.2) is 13.2 Å². The predicted molar refractivity (Wildman–Crippen MR) is 162 cm³/mol. The van der Waals surface area contributed by atoms with Crippen molar-refractivity contribution in [3.05, 3.63) is 65.7 Å². The Bertz CT molecular complexity index is 1320. The summed E-state index contributed by atoms with van der Waals surface area (Å²) in [7, 11) is -3.58. The SMILES string of the molecule is COC(=O)N([C@H](CCCCN)C(=O)N[C@@H](Cc1ccccc1)C(=O)C(=O)[C@@H](N)CCCCN)S(=O)(=O)c1ccc(C)cc1. The zero-order chi connectivity index (χ0) is 32.0. The molecule has 0 spiro atoms. The van der Waals surface area contributed by atoms with Crippen molar-refractivity contribution in [1.82, 2.24) is 9.62 Å². The normalized spacial score (nSPS) is 13.4. The molecule has 2 rings (SSSR count). The van der Waals surface area contributed by atoms with Gasteiger partial charge in [-0.05, 0) is 69.8 Å². The number of rotatable bonds is 18. The van der Waals surface area contributed by atoms with E-state index >= 15 is 0 Å². The molecule has 43 heavy (non-hydrogen) atoms. The summed E-state index contributed by atoms with van der Waals surface area (Å²) in [5, 5.41) is 2.56. The number of hydrogen-bond acceptors (Lipinski definition) is 10. The highest BCUT2D eigenvalue weighted by molar-refractivity contribution is 7.89. The Morgan fingerprint density at radius 1 is 0.860 bits per heavy atom. The van der Waals surface area contributed by atoms with Gasteiger partial charge in [-0.3, -0.25) is 14.4 Å². The minimum atomic E-state index is -4.58. The van der Waals surface area contributed by atoms with Crippen LogP contribution in [0, 0.1) is 6.92 Å². The lowest BCUT2D eigenvalue weighted by atomic mass is 9.94. The number of amides is 2. The second kappa shape index (κ2) is 17.5. The molecule has 0 fully saturated rings. The molecule has 0 saturated heterocycles. The van der Waals surface area contributed by atoms with Crippen LogP contribution in [0.3, 0.4) is 0 Å². The molecular weight excluding hydrogens is 574 g/mol. The average Bonchev–Trinajstić information content (AvgIpc) is 2.99. The second-order valence-corrected chi connectivity index (χ2v) is 12.1. The van der Waals surface area contributed by atoms with E-state index in [2.05, 4.69) is 5.32 Å². The lowest BCUT2D eigenvalue weighted by molar-refractivity contribution is -0.140. The first-order valence-electron chi connectivity index (χ1n) is 14.2. The van der Waals surface area contributed by atoms with Crippen molar-refractivity contribution < 1.29 is 32.3 Å². The van der Waals surface area contributed by atoms with Gasteiger partial charge in [0.25, 0.3) is 10.0 Å². The molecule has 0 saturated carbocycles. The molecule has 0 aromatic heterocycles. The molecule has 2 aromatic rings. The zero-order valence-electron chi connectivity index (χ0n) is 24.7. The highest BCUT2D eigenvalue weighted by Crippen LogP contribution is 2.23. The second-order valence-electron chi connectivity index (χ2n) is 10.3. The number of hydrogen-bond donors (Lipinski definition) is 4. The van der Waals surface area contributed by atoms with Gasteiger partial charge in [0.15, 0.2) is 0 Å². The summed E-state index contributed by atoms with van der Waals surface area (Å²) >= 11 is 0. The summed E-state index contributed by atoms with van der Waals surface area (Å²) in [5.74, 6) is -2.74. The van der Waals surface area contributed by atoms with Crippen molar-refractivity contribution in [2.75, 3.05) is 20.2 Å². The van der Waals surface area contributed by atoms with Crippen LogP contribution in [0.5, 0.6) is 0 Å². The average molecular weight is 618 g/mol. The number of ketones is 2. The Kier molecular flexibility index (Phi) is 14.4. The van der Waals surface area contributed by atoms with E-state index in [1.165, 1.54) is 12.1 Å². The van der Waals surface area contributed by atoms with Gasteiger partial charge in [0, 0.05) is 6.42 Å². The maximum atomic E-state index is 13.9. The van der Waals surface area contributed by atoms with Crippen molar-refractivity contribution in [2.24, 2.45) is 17.2 Å². The molecule has 0 heterocycles. The summed E-state index contributed by atoms with van der Waals surface area (Å²) in [4.78, 5) is 53.1. The number of aryl methyl sites for hydroxylation is 1. The molecule has 0 radical (unpaired) electrons. The lowest BCUT2D eigenvalue weighted by Gasteiger charge is -2.30. The van der Waals surface area contributed by atoms with Gasteiger partial charge in [0.1, 0.15) is 6.04 Å². The summed E-state index contributed by atoms with van der Waals surface area (Å²) in [6.07, 6.45) is 0.675. The topological polar surface area (TPSA) is 205 Å². The molecule has 0 aliphatic rings. The molecule has 236 valence electrons. The van der Waals surface area contributed by atoms with Crippen LogP contribution < -0.4 is 22.5 Å². The molecule has 0 aliphatic carbocycles. The molecule has 0 aliphatic heterocycles. The number of methoxy groups -OCH3 is 1. The van der Waals surface area contributed by atoms with Crippen molar-refractivity contribution in [2.45, 2.75) is 74.9 Å². The molecule has 0 unspecified atom stereocenters. The van der Waals surface area contributed by atoms with Crippen molar-refractivity contribution in [1.29, 1.82) is 0 Å². The van der Waals surface area contributed by atoms with E-state index in [4.69, 9.17) is 21.9 Å². The highest BCUT2D eigenvalue weighted by Gasteiger charge is 2.42. The van der Waals surface area contributed by atoms with Crippen molar-refractivity contribution in [3.8, 4) is 0 Å². The molecular formula is C30H43N5O7S. The maximum Gasteiger partial charge on any atom is 0.424 e. The van der Waals surface area contributed by atoms with Crippen molar-refractivity contribution in [3.63, 3.8) is 0 Å². The van der Waals surface area contributed by atoms with Gasteiger partial charge in [-0.1, -0.05) is 54.4 Å². The third kappa shape index (κ3) is 10.2. The molecule has 13 heteroatoms. The number of unbranched alkanes of at least 4 members (excludes halogenated alkanes) is 2. The van der Waals surface area contributed by atoms with E-state index in [0.717, 1.165) is 12.7 Å². The summed E-state index contributed by atoms with van der Waals surface area (Å²) in [6, 6.07) is 10.4. The Hall–Kier alpha value is -3.65. The van der Waals surface area contributed by atoms with Gasteiger partial charge >= 0.3 is 6.09 Å². The summed E-state index contributed by atoms with van der Waals surface area (Å²) < 4.78 is 32.6. The minimum Gasteiger partial charge on any atom is -0.452 e.